The number of ether oxygens (including phenoxy) is 1. The van der Waals surface area contributed by atoms with E-state index in [0.717, 1.165) is 12.8 Å². The first-order valence-corrected chi connectivity index (χ1v) is 8.02. The van der Waals surface area contributed by atoms with Crippen LogP contribution in [0.5, 0.6) is 0 Å². The summed E-state index contributed by atoms with van der Waals surface area (Å²) in [5.41, 5.74) is 0. The lowest BCUT2D eigenvalue weighted by molar-refractivity contribution is -0.0456. The molecule has 0 aromatic heterocycles. The zero-order valence-electron chi connectivity index (χ0n) is 13.2. The molecule has 1 rings (SSSR count). The van der Waals surface area contributed by atoms with Crippen LogP contribution in [0.4, 0.5) is 0 Å². The van der Waals surface area contributed by atoms with Gasteiger partial charge in [-0.05, 0) is 38.0 Å². The van der Waals surface area contributed by atoms with E-state index in [1.807, 2.05) is 0 Å². The van der Waals surface area contributed by atoms with Crippen LogP contribution in [0, 0.1) is 11.8 Å². The highest BCUT2D eigenvalue weighted by atomic mass is 16.5. The highest BCUT2D eigenvalue weighted by molar-refractivity contribution is 4.73. The lowest BCUT2D eigenvalue weighted by atomic mass is 9.88. The fourth-order valence-electron chi connectivity index (χ4n) is 2.95. The second kappa shape index (κ2) is 8.93. The lowest BCUT2D eigenvalue weighted by Crippen LogP contribution is -2.38. The van der Waals surface area contributed by atoms with E-state index in [9.17, 15) is 5.11 Å². The van der Waals surface area contributed by atoms with E-state index < -0.39 is 0 Å². The summed E-state index contributed by atoms with van der Waals surface area (Å²) < 4.78 is 5.88. The van der Waals surface area contributed by atoms with E-state index in [4.69, 9.17) is 4.74 Å². The Labute approximate surface area is 119 Å². The van der Waals surface area contributed by atoms with Crippen LogP contribution < -0.4 is 5.32 Å². The minimum Gasteiger partial charge on any atom is -0.389 e. The van der Waals surface area contributed by atoms with Crippen molar-refractivity contribution >= 4 is 0 Å². The zero-order valence-corrected chi connectivity index (χ0v) is 13.2. The summed E-state index contributed by atoms with van der Waals surface area (Å²) in [4.78, 5) is 0. The van der Waals surface area contributed by atoms with Gasteiger partial charge in [-0.15, -0.1) is 0 Å². The Kier molecular flexibility index (Phi) is 7.96. The van der Waals surface area contributed by atoms with Crippen molar-refractivity contribution in [3.05, 3.63) is 0 Å². The molecule has 114 valence electrons. The molecule has 0 spiro atoms. The molecular formula is C16H33NO2. The van der Waals surface area contributed by atoms with Gasteiger partial charge in [0, 0.05) is 12.6 Å². The molecule has 0 aromatic carbocycles. The largest absolute Gasteiger partial charge is 0.389 e. The molecule has 4 atom stereocenters. The predicted octanol–water partition coefficient (Wildman–Crippen LogP) is 2.97. The highest BCUT2D eigenvalue weighted by Crippen LogP contribution is 2.26. The quantitative estimate of drug-likeness (QED) is 0.713. The smallest absolute Gasteiger partial charge is 0.0897 e. The van der Waals surface area contributed by atoms with E-state index in [2.05, 4.69) is 33.0 Å². The van der Waals surface area contributed by atoms with Gasteiger partial charge in [0.05, 0.1) is 18.8 Å². The van der Waals surface area contributed by atoms with Gasteiger partial charge in [-0.1, -0.05) is 33.6 Å². The molecule has 0 amide bonds. The Morgan fingerprint density at radius 1 is 1.21 bits per heavy atom. The fourth-order valence-corrected chi connectivity index (χ4v) is 2.95. The van der Waals surface area contributed by atoms with Crippen LogP contribution >= 0.6 is 0 Å². The van der Waals surface area contributed by atoms with Crippen molar-refractivity contribution in [2.24, 2.45) is 11.8 Å². The first-order valence-electron chi connectivity index (χ1n) is 8.02. The Morgan fingerprint density at radius 2 is 1.89 bits per heavy atom. The molecule has 3 nitrogen and oxygen atoms in total. The van der Waals surface area contributed by atoms with Gasteiger partial charge in [-0.3, -0.25) is 0 Å². The van der Waals surface area contributed by atoms with Crippen molar-refractivity contribution in [3.63, 3.8) is 0 Å². The third-order valence-electron chi connectivity index (χ3n) is 4.06. The Morgan fingerprint density at radius 3 is 2.53 bits per heavy atom. The molecule has 2 N–H and O–H groups in total. The maximum Gasteiger partial charge on any atom is 0.0897 e. The lowest BCUT2D eigenvalue weighted by Gasteiger charge is -2.29. The number of nitrogens with one attached hydrogen (secondary N) is 1. The van der Waals surface area contributed by atoms with Crippen LogP contribution in [0.1, 0.15) is 59.8 Å². The molecule has 19 heavy (non-hydrogen) atoms. The van der Waals surface area contributed by atoms with Crippen LogP contribution in [0.15, 0.2) is 0 Å². The first kappa shape index (κ1) is 16.9. The normalized spacial score (nSPS) is 27.5. The van der Waals surface area contributed by atoms with Crippen LogP contribution in [0.2, 0.25) is 0 Å². The van der Waals surface area contributed by atoms with E-state index in [-0.39, 0.29) is 6.10 Å². The monoisotopic (exact) mass is 271 g/mol. The molecule has 0 radical (unpaired) electrons. The number of hydrogen-bond donors (Lipinski definition) is 2. The maximum atomic E-state index is 9.96. The molecule has 1 saturated carbocycles. The van der Waals surface area contributed by atoms with Gasteiger partial charge in [-0.2, -0.15) is 0 Å². The molecule has 1 aliphatic carbocycles. The molecule has 4 unspecified atom stereocenters. The van der Waals surface area contributed by atoms with Crippen molar-refractivity contribution in [1.29, 1.82) is 0 Å². The predicted molar refractivity (Wildman–Crippen MR) is 80.3 cm³/mol. The van der Waals surface area contributed by atoms with Crippen molar-refractivity contribution in [2.75, 3.05) is 13.2 Å². The van der Waals surface area contributed by atoms with E-state index in [1.165, 1.54) is 19.3 Å². The average molecular weight is 271 g/mol. The van der Waals surface area contributed by atoms with Crippen LogP contribution in [-0.2, 0) is 4.74 Å². The molecule has 0 heterocycles. The Balaban J connectivity index is 2.11. The fraction of sp³-hybridized carbons (Fsp3) is 1.00. The maximum absolute atomic E-state index is 9.96. The molecule has 0 aliphatic heterocycles. The summed E-state index contributed by atoms with van der Waals surface area (Å²) in [6.45, 7) is 9.99. The second-order valence-electron chi connectivity index (χ2n) is 6.73. The van der Waals surface area contributed by atoms with Crippen molar-refractivity contribution < 1.29 is 9.84 Å². The van der Waals surface area contributed by atoms with Gasteiger partial charge in [0.2, 0.25) is 0 Å². The summed E-state index contributed by atoms with van der Waals surface area (Å²) in [7, 11) is 0. The summed E-state index contributed by atoms with van der Waals surface area (Å²) >= 11 is 0. The summed E-state index contributed by atoms with van der Waals surface area (Å²) in [6, 6.07) is 0.461. The number of aliphatic hydroxyl groups is 1. The minimum atomic E-state index is -0.385. The molecule has 1 fully saturated rings. The summed E-state index contributed by atoms with van der Waals surface area (Å²) in [5, 5.41) is 13.3. The van der Waals surface area contributed by atoms with Crippen molar-refractivity contribution in [1.82, 2.24) is 5.32 Å². The van der Waals surface area contributed by atoms with Gasteiger partial charge in [0.15, 0.2) is 0 Å². The molecule has 0 bridgehead atoms. The molecule has 1 aliphatic rings. The topological polar surface area (TPSA) is 41.5 Å². The van der Waals surface area contributed by atoms with E-state index >= 15 is 0 Å². The third kappa shape index (κ3) is 7.28. The van der Waals surface area contributed by atoms with Crippen LogP contribution in [-0.4, -0.2) is 36.5 Å². The SMILES string of the molecule is CC(C)CC(C)NCC(O)COC1CCCCC1C. The number of rotatable bonds is 8. The number of aliphatic hydroxyl groups excluding tert-OH is 1. The molecular weight excluding hydrogens is 238 g/mol. The second-order valence-corrected chi connectivity index (χ2v) is 6.73. The third-order valence-corrected chi connectivity index (χ3v) is 4.06. The van der Waals surface area contributed by atoms with Gasteiger partial charge >= 0.3 is 0 Å². The van der Waals surface area contributed by atoms with Crippen molar-refractivity contribution in [3.8, 4) is 0 Å². The first-order chi connectivity index (χ1) is 8.99. The zero-order chi connectivity index (χ0) is 14.3. The van der Waals surface area contributed by atoms with Gasteiger partial charge < -0.3 is 15.2 Å². The van der Waals surface area contributed by atoms with Crippen molar-refractivity contribution in [2.45, 2.75) is 78.0 Å². The minimum absolute atomic E-state index is 0.358. The van der Waals surface area contributed by atoms with Gasteiger partial charge in [0.25, 0.3) is 0 Å². The molecule has 0 saturated heterocycles. The summed E-state index contributed by atoms with van der Waals surface area (Å²) in [5.74, 6) is 1.34. The highest BCUT2D eigenvalue weighted by Gasteiger charge is 2.22. The Bertz CT molecular complexity index is 233. The van der Waals surface area contributed by atoms with Crippen LogP contribution in [0.3, 0.4) is 0 Å². The number of hydrogen-bond acceptors (Lipinski definition) is 3. The van der Waals surface area contributed by atoms with Crippen LogP contribution in [0.25, 0.3) is 0 Å². The standard InChI is InChI=1S/C16H33NO2/c1-12(2)9-14(4)17-10-15(18)11-19-16-8-6-5-7-13(16)3/h12-18H,5-11H2,1-4H3. The van der Waals surface area contributed by atoms with E-state index in [1.54, 1.807) is 0 Å². The Hall–Kier alpha value is -0.120. The summed E-state index contributed by atoms with van der Waals surface area (Å²) in [6.07, 6.45) is 6.15. The average Bonchev–Trinajstić information content (AvgIpc) is 2.34. The van der Waals surface area contributed by atoms with Gasteiger partial charge in [-0.25, -0.2) is 0 Å². The molecule has 0 aromatic rings. The van der Waals surface area contributed by atoms with Gasteiger partial charge in [0.1, 0.15) is 0 Å². The molecule has 3 heteroatoms. The van der Waals surface area contributed by atoms with E-state index in [0.29, 0.717) is 37.1 Å².